The van der Waals surface area contributed by atoms with Gasteiger partial charge >= 0.3 is 5.97 Å². The van der Waals surface area contributed by atoms with Crippen molar-refractivity contribution >= 4 is 45.9 Å². The molecule has 10 heteroatoms. The van der Waals surface area contributed by atoms with Crippen LogP contribution in [0, 0.1) is 11.3 Å². The van der Waals surface area contributed by atoms with Crippen molar-refractivity contribution in [2.45, 2.75) is 77.1 Å². The van der Waals surface area contributed by atoms with Gasteiger partial charge < -0.3 is 18.9 Å². The van der Waals surface area contributed by atoms with Gasteiger partial charge in [0.25, 0.3) is 0 Å². The molecule has 30 heavy (non-hydrogen) atoms. The van der Waals surface area contributed by atoms with Crippen molar-refractivity contribution in [3.05, 3.63) is 0 Å². The number of hydrogen-bond donors (Lipinski definition) is 1. The summed E-state index contributed by atoms with van der Waals surface area (Å²) in [5.41, 5.74) is 1.76. The van der Waals surface area contributed by atoms with Crippen LogP contribution in [-0.2, 0) is 23.7 Å². The van der Waals surface area contributed by atoms with Crippen LogP contribution < -0.4 is 0 Å². The molecular formula is C20H32ClN3O5S. The van der Waals surface area contributed by atoms with Crippen molar-refractivity contribution in [1.29, 1.82) is 5.41 Å². The van der Waals surface area contributed by atoms with Gasteiger partial charge in [-0.25, -0.2) is 9.79 Å². The standard InChI is InChI=1S/C20H32ClN3O5S/c1-6-8-30-11-23-19(12(7-2)18(21)22)24-13-9-14(27-10-15(25)26-5)17-16(13)28-20(3,4)29-17/h11-14,16-17,22H,6-10H2,1-5H3. The lowest BCUT2D eigenvalue weighted by atomic mass is 10.1. The molecule has 0 aromatic rings. The molecule has 2 fully saturated rings. The fourth-order valence-corrected chi connectivity index (χ4v) is 4.33. The van der Waals surface area contributed by atoms with Crippen molar-refractivity contribution < 1.29 is 23.7 Å². The second kappa shape index (κ2) is 11.6. The maximum absolute atomic E-state index is 11.5. The van der Waals surface area contributed by atoms with E-state index in [1.165, 1.54) is 7.11 Å². The van der Waals surface area contributed by atoms with E-state index in [2.05, 4.69) is 16.7 Å². The van der Waals surface area contributed by atoms with E-state index in [1.807, 2.05) is 20.8 Å². The number of carbonyl (C=O) groups excluding carboxylic acids is 1. The predicted molar refractivity (Wildman–Crippen MR) is 120 cm³/mol. The van der Waals surface area contributed by atoms with E-state index in [0.717, 1.165) is 12.2 Å². The van der Waals surface area contributed by atoms with Gasteiger partial charge in [-0.05, 0) is 32.4 Å². The van der Waals surface area contributed by atoms with Crippen LogP contribution >= 0.6 is 23.4 Å². The molecule has 1 aliphatic carbocycles. The minimum Gasteiger partial charge on any atom is -0.467 e. The molecule has 0 amide bonds. The van der Waals surface area contributed by atoms with Gasteiger partial charge in [0.15, 0.2) is 5.79 Å². The van der Waals surface area contributed by atoms with Crippen LogP contribution in [0.3, 0.4) is 0 Å². The summed E-state index contributed by atoms with van der Waals surface area (Å²) in [6.07, 6.45) is 1.11. The van der Waals surface area contributed by atoms with Crippen LogP contribution in [0.25, 0.3) is 0 Å². The van der Waals surface area contributed by atoms with Crippen molar-refractivity contribution in [3.8, 4) is 0 Å². The largest absolute Gasteiger partial charge is 0.467 e. The molecule has 1 aliphatic heterocycles. The summed E-state index contributed by atoms with van der Waals surface area (Å²) >= 11 is 7.63. The number of methoxy groups -OCH3 is 1. The number of carbonyl (C=O) groups is 1. The van der Waals surface area contributed by atoms with Crippen LogP contribution in [0.15, 0.2) is 9.98 Å². The summed E-state index contributed by atoms with van der Waals surface area (Å²) in [5.74, 6) is -0.147. The molecule has 5 unspecified atom stereocenters. The average molecular weight is 462 g/mol. The fraction of sp³-hybridized carbons (Fsp3) is 0.800. The monoisotopic (exact) mass is 461 g/mol. The van der Waals surface area contributed by atoms with Crippen LogP contribution in [0.5, 0.6) is 0 Å². The fourth-order valence-electron chi connectivity index (χ4n) is 3.55. The third-order valence-corrected chi connectivity index (χ3v) is 6.09. The first-order chi connectivity index (χ1) is 14.2. The number of halogens is 1. The lowest BCUT2D eigenvalue weighted by Gasteiger charge is -2.23. The minimum atomic E-state index is -0.778. The molecule has 0 aromatic carbocycles. The Hall–Kier alpha value is -1.00. The topological polar surface area (TPSA) is 103 Å². The number of nitrogens with one attached hydrogen (secondary N) is 1. The van der Waals surface area contributed by atoms with E-state index in [4.69, 9.17) is 36.2 Å². The highest BCUT2D eigenvalue weighted by atomic mass is 35.5. The van der Waals surface area contributed by atoms with Crippen molar-refractivity contribution in [1.82, 2.24) is 0 Å². The number of amidine groups is 1. The van der Waals surface area contributed by atoms with Gasteiger partial charge in [0.05, 0.1) is 30.7 Å². The summed E-state index contributed by atoms with van der Waals surface area (Å²) in [6.45, 7) is 7.57. The molecule has 0 spiro atoms. The number of aliphatic imine (C=N–C) groups is 2. The number of ether oxygens (including phenoxy) is 4. The third-order valence-electron chi connectivity index (χ3n) is 4.93. The normalized spacial score (nSPS) is 29.2. The van der Waals surface area contributed by atoms with Crippen LogP contribution in [0.1, 0.15) is 47.0 Å². The highest BCUT2D eigenvalue weighted by molar-refractivity contribution is 8.12. The lowest BCUT2D eigenvalue weighted by Crippen LogP contribution is -2.32. The molecule has 0 bridgehead atoms. The van der Waals surface area contributed by atoms with Crippen molar-refractivity contribution in [3.63, 3.8) is 0 Å². The van der Waals surface area contributed by atoms with E-state index in [1.54, 1.807) is 17.3 Å². The van der Waals surface area contributed by atoms with Crippen LogP contribution in [-0.4, -0.2) is 72.1 Å². The summed E-state index contributed by atoms with van der Waals surface area (Å²) in [6, 6.07) is -0.284. The van der Waals surface area contributed by atoms with Gasteiger partial charge in [-0.2, -0.15) is 0 Å². The minimum absolute atomic E-state index is 0.00542. The van der Waals surface area contributed by atoms with Crippen molar-refractivity contribution in [2.24, 2.45) is 15.9 Å². The number of rotatable bonds is 10. The summed E-state index contributed by atoms with van der Waals surface area (Å²) in [4.78, 5) is 20.9. The van der Waals surface area contributed by atoms with Gasteiger partial charge in [-0.3, -0.25) is 10.4 Å². The summed E-state index contributed by atoms with van der Waals surface area (Å²) in [5, 5.41) is 7.93. The highest BCUT2D eigenvalue weighted by Gasteiger charge is 2.55. The van der Waals surface area contributed by atoms with Gasteiger partial charge in [-0.15, -0.1) is 11.8 Å². The Kier molecular flexibility index (Phi) is 9.74. The van der Waals surface area contributed by atoms with Gasteiger partial charge in [-0.1, -0.05) is 25.4 Å². The zero-order valence-corrected chi connectivity index (χ0v) is 19.8. The Morgan fingerprint density at radius 1 is 1.37 bits per heavy atom. The van der Waals surface area contributed by atoms with E-state index in [0.29, 0.717) is 18.7 Å². The summed E-state index contributed by atoms with van der Waals surface area (Å²) in [7, 11) is 1.32. The third kappa shape index (κ3) is 6.75. The number of thioether (sulfide) groups is 1. The van der Waals surface area contributed by atoms with Gasteiger partial charge in [0, 0.05) is 6.42 Å². The number of esters is 1. The quantitative estimate of drug-likeness (QED) is 0.230. The smallest absolute Gasteiger partial charge is 0.331 e. The van der Waals surface area contributed by atoms with Crippen LogP contribution in [0.4, 0.5) is 0 Å². The number of nitrogens with zero attached hydrogens (tertiary/aromatic N) is 2. The zero-order chi connectivity index (χ0) is 22.3. The Morgan fingerprint density at radius 2 is 2.07 bits per heavy atom. The molecular weight excluding hydrogens is 430 g/mol. The van der Waals surface area contributed by atoms with E-state index < -0.39 is 11.8 Å². The Morgan fingerprint density at radius 3 is 2.67 bits per heavy atom. The Labute approximate surface area is 187 Å². The molecule has 2 aliphatic rings. The first-order valence-corrected chi connectivity index (χ1v) is 11.6. The lowest BCUT2D eigenvalue weighted by molar-refractivity contribution is -0.171. The maximum atomic E-state index is 11.5. The molecule has 1 heterocycles. The van der Waals surface area contributed by atoms with Gasteiger partial charge in [0.1, 0.15) is 29.8 Å². The number of fused-ring (bicyclic) bond motifs is 1. The van der Waals surface area contributed by atoms with Gasteiger partial charge in [0.2, 0.25) is 0 Å². The predicted octanol–water partition coefficient (Wildman–Crippen LogP) is 3.65. The molecule has 170 valence electrons. The Bertz CT molecular complexity index is 673. The average Bonchev–Trinajstić information content (AvgIpc) is 3.16. The molecule has 5 atom stereocenters. The molecule has 8 nitrogen and oxygen atoms in total. The second-order valence-corrected chi connectivity index (χ2v) is 9.05. The number of hydrogen-bond acceptors (Lipinski definition) is 8. The van der Waals surface area contributed by atoms with E-state index in [-0.39, 0.29) is 42.0 Å². The zero-order valence-electron chi connectivity index (χ0n) is 18.2. The maximum Gasteiger partial charge on any atom is 0.331 e. The molecule has 1 saturated carbocycles. The highest BCUT2D eigenvalue weighted by Crippen LogP contribution is 2.41. The molecule has 0 radical (unpaired) electrons. The molecule has 1 saturated heterocycles. The first-order valence-electron chi connectivity index (χ1n) is 10.2. The second-order valence-electron chi connectivity index (χ2n) is 7.69. The van der Waals surface area contributed by atoms with E-state index >= 15 is 0 Å². The molecule has 1 N–H and O–H groups in total. The summed E-state index contributed by atoms with van der Waals surface area (Å²) < 4.78 is 22.6. The first kappa shape index (κ1) is 25.3. The Balaban J connectivity index is 2.26. The van der Waals surface area contributed by atoms with Crippen molar-refractivity contribution in [2.75, 3.05) is 19.5 Å². The van der Waals surface area contributed by atoms with E-state index in [9.17, 15) is 4.79 Å². The molecule has 0 aromatic heterocycles. The van der Waals surface area contributed by atoms with Crippen LogP contribution in [0.2, 0.25) is 0 Å². The molecule has 2 rings (SSSR count). The SMILES string of the molecule is CCCSC=NC(=NC1CC(OCC(=O)OC)C2OC(C)(C)OC12)C(CC)C(=N)Cl.